The fourth-order valence-electron chi connectivity index (χ4n) is 1.13. The number of benzene rings is 1. The van der Waals surface area contributed by atoms with Crippen LogP contribution in [0.3, 0.4) is 0 Å². The van der Waals surface area contributed by atoms with Gasteiger partial charge in [0, 0.05) is 19.8 Å². The van der Waals surface area contributed by atoms with Gasteiger partial charge in [0.15, 0.2) is 0 Å². The summed E-state index contributed by atoms with van der Waals surface area (Å²) in [6.07, 6.45) is -4.57. The van der Waals surface area contributed by atoms with Gasteiger partial charge >= 0.3 is 12.2 Å². The first kappa shape index (κ1) is 13.1. The van der Waals surface area contributed by atoms with Crippen molar-refractivity contribution in [3.63, 3.8) is 0 Å². The molecule has 0 aromatic heterocycles. The Morgan fingerprint density at radius 3 is 2.41 bits per heavy atom. The summed E-state index contributed by atoms with van der Waals surface area (Å²) in [5, 5.41) is 2.16. The van der Waals surface area contributed by atoms with Crippen molar-refractivity contribution in [2.45, 2.75) is 6.18 Å². The van der Waals surface area contributed by atoms with Crippen molar-refractivity contribution in [3.05, 3.63) is 23.8 Å². The largest absolute Gasteiger partial charge is 0.418 e. The molecule has 0 saturated heterocycles. The number of nitrogen functional groups attached to an aromatic ring is 1. The zero-order chi connectivity index (χ0) is 13.2. The normalized spacial score (nSPS) is 11.1. The van der Waals surface area contributed by atoms with Crippen LogP contribution >= 0.6 is 0 Å². The van der Waals surface area contributed by atoms with E-state index < -0.39 is 17.8 Å². The number of urea groups is 1. The minimum atomic E-state index is -4.57. The number of carbonyl (C=O) groups excluding carboxylic acids is 1. The molecular weight excluding hydrogens is 235 g/mol. The van der Waals surface area contributed by atoms with E-state index in [0.717, 1.165) is 17.0 Å². The van der Waals surface area contributed by atoms with Gasteiger partial charge in [-0.05, 0) is 18.2 Å². The van der Waals surface area contributed by atoms with E-state index in [-0.39, 0.29) is 11.4 Å². The molecule has 1 aromatic rings. The highest BCUT2D eigenvalue weighted by Crippen LogP contribution is 2.36. The number of amides is 2. The van der Waals surface area contributed by atoms with Crippen LogP contribution in [0, 0.1) is 0 Å². The average molecular weight is 247 g/mol. The maximum Gasteiger partial charge on any atom is 0.418 e. The van der Waals surface area contributed by atoms with Gasteiger partial charge < -0.3 is 16.0 Å². The molecule has 0 bridgehead atoms. The quantitative estimate of drug-likeness (QED) is 0.748. The fraction of sp³-hybridized carbons (Fsp3) is 0.300. The SMILES string of the molecule is CN(C)C(=O)Nc1ccc(N)cc1C(F)(F)F. The third-order valence-electron chi connectivity index (χ3n) is 2.00. The van der Waals surface area contributed by atoms with Crippen molar-refractivity contribution >= 4 is 17.4 Å². The lowest BCUT2D eigenvalue weighted by Gasteiger charge is -2.17. The molecule has 0 unspecified atom stereocenters. The van der Waals surface area contributed by atoms with E-state index in [0.29, 0.717) is 0 Å². The third-order valence-corrected chi connectivity index (χ3v) is 2.00. The molecule has 0 saturated carbocycles. The van der Waals surface area contributed by atoms with Crippen LogP contribution in [-0.2, 0) is 6.18 Å². The second-order valence-corrected chi connectivity index (χ2v) is 3.63. The Labute approximate surface area is 96.2 Å². The number of carbonyl (C=O) groups is 1. The molecule has 17 heavy (non-hydrogen) atoms. The molecule has 7 heteroatoms. The van der Waals surface area contributed by atoms with E-state index in [2.05, 4.69) is 5.32 Å². The topological polar surface area (TPSA) is 58.4 Å². The molecule has 0 aliphatic rings. The summed E-state index contributed by atoms with van der Waals surface area (Å²) in [5.74, 6) is 0. The first-order chi connectivity index (χ1) is 7.71. The Balaban J connectivity index is 3.12. The number of hydrogen-bond donors (Lipinski definition) is 2. The summed E-state index contributed by atoms with van der Waals surface area (Å²) < 4.78 is 38.0. The molecule has 0 atom stereocenters. The van der Waals surface area contributed by atoms with Crippen LogP contribution in [-0.4, -0.2) is 25.0 Å². The molecule has 0 spiro atoms. The summed E-state index contributed by atoms with van der Waals surface area (Å²) in [7, 11) is 2.86. The van der Waals surface area contributed by atoms with E-state index in [1.807, 2.05) is 0 Å². The monoisotopic (exact) mass is 247 g/mol. The Bertz CT molecular complexity index is 429. The molecule has 0 fully saturated rings. The molecule has 94 valence electrons. The number of nitrogens with two attached hydrogens (primary N) is 1. The van der Waals surface area contributed by atoms with Gasteiger partial charge in [0.1, 0.15) is 0 Å². The number of anilines is 2. The molecule has 1 aromatic carbocycles. The van der Waals surface area contributed by atoms with Crippen LogP contribution in [0.4, 0.5) is 29.3 Å². The number of alkyl halides is 3. The molecular formula is C10H12F3N3O. The highest BCUT2D eigenvalue weighted by Gasteiger charge is 2.34. The van der Waals surface area contributed by atoms with Gasteiger partial charge in [-0.1, -0.05) is 0 Å². The van der Waals surface area contributed by atoms with Crippen molar-refractivity contribution in [2.75, 3.05) is 25.1 Å². The standard InChI is InChI=1S/C10H12F3N3O/c1-16(2)9(17)15-8-4-3-6(14)5-7(8)10(11,12)13/h3-5H,14H2,1-2H3,(H,15,17). The number of nitrogens with zero attached hydrogens (tertiary/aromatic N) is 1. The minimum Gasteiger partial charge on any atom is -0.399 e. The zero-order valence-corrected chi connectivity index (χ0v) is 9.30. The highest BCUT2D eigenvalue weighted by molar-refractivity contribution is 5.90. The summed E-state index contributed by atoms with van der Waals surface area (Å²) in [4.78, 5) is 12.4. The molecule has 3 N–H and O–H groups in total. The molecule has 0 heterocycles. The van der Waals surface area contributed by atoms with Crippen LogP contribution in [0.5, 0.6) is 0 Å². The lowest BCUT2D eigenvalue weighted by molar-refractivity contribution is -0.136. The van der Waals surface area contributed by atoms with E-state index in [1.54, 1.807) is 0 Å². The van der Waals surface area contributed by atoms with Crippen molar-refractivity contribution < 1.29 is 18.0 Å². The molecule has 0 radical (unpaired) electrons. The highest BCUT2D eigenvalue weighted by atomic mass is 19.4. The second kappa shape index (κ2) is 4.52. The predicted molar refractivity (Wildman–Crippen MR) is 58.6 cm³/mol. The van der Waals surface area contributed by atoms with Crippen molar-refractivity contribution in [1.82, 2.24) is 4.90 Å². The number of nitrogens with one attached hydrogen (secondary N) is 1. The van der Waals surface area contributed by atoms with E-state index in [9.17, 15) is 18.0 Å². The molecule has 1 rings (SSSR count). The van der Waals surface area contributed by atoms with E-state index in [1.165, 1.54) is 20.2 Å². The van der Waals surface area contributed by atoms with Crippen LogP contribution in [0.2, 0.25) is 0 Å². The van der Waals surface area contributed by atoms with Crippen molar-refractivity contribution in [1.29, 1.82) is 0 Å². The van der Waals surface area contributed by atoms with Gasteiger partial charge in [-0.15, -0.1) is 0 Å². The van der Waals surface area contributed by atoms with Crippen LogP contribution in [0.1, 0.15) is 5.56 Å². The van der Waals surface area contributed by atoms with E-state index >= 15 is 0 Å². The number of halogens is 3. The van der Waals surface area contributed by atoms with Gasteiger partial charge in [-0.3, -0.25) is 0 Å². The van der Waals surface area contributed by atoms with Gasteiger partial charge in [0.05, 0.1) is 11.3 Å². The minimum absolute atomic E-state index is 0.0137. The lowest BCUT2D eigenvalue weighted by atomic mass is 10.1. The smallest absolute Gasteiger partial charge is 0.399 e. The first-order valence-electron chi connectivity index (χ1n) is 4.67. The summed E-state index contributed by atoms with van der Waals surface area (Å²) in [6, 6.07) is 2.56. The molecule has 2 amide bonds. The number of hydrogen-bond acceptors (Lipinski definition) is 2. The third kappa shape index (κ3) is 3.27. The zero-order valence-electron chi connectivity index (χ0n) is 9.30. The van der Waals surface area contributed by atoms with E-state index in [4.69, 9.17) is 5.73 Å². The Morgan fingerprint density at radius 2 is 1.94 bits per heavy atom. The predicted octanol–water partition coefficient (Wildman–Crippen LogP) is 2.38. The summed E-state index contributed by atoms with van der Waals surface area (Å²) in [6.45, 7) is 0. The number of rotatable bonds is 1. The second-order valence-electron chi connectivity index (χ2n) is 3.63. The Hall–Kier alpha value is -1.92. The molecule has 4 nitrogen and oxygen atoms in total. The first-order valence-corrected chi connectivity index (χ1v) is 4.67. The maximum absolute atomic E-state index is 12.7. The van der Waals surface area contributed by atoms with Gasteiger partial charge in [0.25, 0.3) is 0 Å². The van der Waals surface area contributed by atoms with Crippen LogP contribution < -0.4 is 11.1 Å². The lowest BCUT2D eigenvalue weighted by Crippen LogP contribution is -2.28. The Kier molecular flexibility index (Phi) is 3.50. The van der Waals surface area contributed by atoms with Crippen LogP contribution in [0.25, 0.3) is 0 Å². The summed E-state index contributed by atoms with van der Waals surface area (Å²) in [5.41, 5.74) is 4.00. The van der Waals surface area contributed by atoms with Gasteiger partial charge in [0.2, 0.25) is 0 Å². The van der Waals surface area contributed by atoms with Crippen molar-refractivity contribution in [2.24, 2.45) is 0 Å². The average Bonchev–Trinajstić information content (AvgIpc) is 2.18. The molecule has 0 aliphatic carbocycles. The summed E-state index contributed by atoms with van der Waals surface area (Å²) >= 11 is 0. The fourth-order valence-corrected chi connectivity index (χ4v) is 1.13. The Morgan fingerprint density at radius 1 is 1.35 bits per heavy atom. The maximum atomic E-state index is 12.7. The molecule has 0 aliphatic heterocycles. The van der Waals surface area contributed by atoms with Gasteiger partial charge in [-0.25, -0.2) is 4.79 Å². The van der Waals surface area contributed by atoms with Crippen molar-refractivity contribution in [3.8, 4) is 0 Å². The van der Waals surface area contributed by atoms with Crippen LogP contribution in [0.15, 0.2) is 18.2 Å². The van der Waals surface area contributed by atoms with Gasteiger partial charge in [-0.2, -0.15) is 13.2 Å².